The number of piperidine rings is 1. The van der Waals surface area contributed by atoms with Crippen molar-refractivity contribution < 1.29 is 16.8 Å². The molecule has 1 heterocycles. The minimum absolute atomic E-state index is 0.150. The van der Waals surface area contributed by atoms with Crippen LogP contribution in [-0.4, -0.2) is 41.4 Å². The highest BCUT2D eigenvalue weighted by atomic mass is 32.3. The average molecular weight is 389 g/mol. The maximum Gasteiger partial charge on any atom is 0.245 e. The van der Waals surface area contributed by atoms with Gasteiger partial charge in [-0.15, -0.1) is 0 Å². The molecule has 2 unspecified atom stereocenters. The van der Waals surface area contributed by atoms with Gasteiger partial charge in [-0.3, -0.25) is 0 Å². The first-order valence-corrected chi connectivity index (χ1v) is 12.3. The van der Waals surface area contributed by atoms with Crippen molar-refractivity contribution in [3.05, 3.63) is 29.8 Å². The summed E-state index contributed by atoms with van der Waals surface area (Å²) in [5, 5.41) is 3.62. The number of nitrogens with one attached hydrogen (secondary N) is 1. The summed E-state index contributed by atoms with van der Waals surface area (Å²) in [7, 11) is -7.78. The van der Waals surface area contributed by atoms with Gasteiger partial charge in [0.1, 0.15) is 0 Å². The molecule has 0 radical (unpaired) electrons. The van der Waals surface area contributed by atoms with Crippen molar-refractivity contribution in [2.24, 2.45) is 0 Å². The van der Waals surface area contributed by atoms with Crippen LogP contribution in [0.25, 0.3) is 0 Å². The lowest BCUT2D eigenvalue weighted by Gasteiger charge is -2.28. The molecule has 1 aliphatic rings. The predicted molar refractivity (Wildman–Crippen MR) is 102 cm³/mol. The summed E-state index contributed by atoms with van der Waals surface area (Å²) >= 11 is 0. The van der Waals surface area contributed by atoms with Crippen molar-refractivity contribution in [1.82, 2.24) is 5.32 Å². The highest BCUT2D eigenvalue weighted by molar-refractivity contribution is 8.09. The van der Waals surface area contributed by atoms with E-state index < -0.39 is 20.0 Å². The Bertz CT molecular complexity index is 741. The zero-order valence-electron chi connectivity index (χ0n) is 15.1. The maximum absolute atomic E-state index is 11.8. The van der Waals surface area contributed by atoms with E-state index in [2.05, 4.69) is 12.2 Å². The van der Waals surface area contributed by atoms with Gasteiger partial charge in [0, 0.05) is 12.1 Å². The fourth-order valence-corrected chi connectivity index (χ4v) is 6.41. The van der Waals surface area contributed by atoms with Crippen LogP contribution >= 0.6 is 0 Å². The van der Waals surface area contributed by atoms with Gasteiger partial charge in [0.05, 0.1) is 18.2 Å². The third-order valence-corrected chi connectivity index (χ3v) is 7.73. The largest absolute Gasteiger partial charge is 0.312 e. The van der Waals surface area contributed by atoms with E-state index in [-0.39, 0.29) is 5.69 Å². The Morgan fingerprint density at radius 2 is 1.64 bits per heavy atom. The molecule has 25 heavy (non-hydrogen) atoms. The number of nitrogens with zero attached hydrogens (tertiary/aromatic N) is 1. The van der Waals surface area contributed by atoms with E-state index in [0.717, 1.165) is 37.3 Å². The predicted octanol–water partition coefficient (Wildman–Crippen LogP) is 2.27. The Morgan fingerprint density at radius 3 is 2.16 bits per heavy atom. The van der Waals surface area contributed by atoms with E-state index in [1.54, 1.807) is 24.3 Å². The van der Waals surface area contributed by atoms with Crippen LogP contribution in [0, 0.1) is 0 Å². The van der Waals surface area contributed by atoms with E-state index in [0.29, 0.717) is 15.8 Å². The Kier molecular flexibility index (Phi) is 6.51. The third-order valence-electron chi connectivity index (χ3n) is 4.48. The van der Waals surface area contributed by atoms with Crippen LogP contribution in [0.3, 0.4) is 0 Å². The maximum atomic E-state index is 11.8. The Hall–Kier alpha value is -1.12. The molecule has 0 aliphatic carbocycles. The molecule has 0 spiro atoms. The highest BCUT2D eigenvalue weighted by Crippen LogP contribution is 2.22. The number of aryl methyl sites for hydroxylation is 1. The minimum Gasteiger partial charge on any atom is -0.312 e. The van der Waals surface area contributed by atoms with Crippen LogP contribution in [0.2, 0.25) is 0 Å². The molecule has 2 atom stereocenters. The number of benzene rings is 1. The summed E-state index contributed by atoms with van der Waals surface area (Å²) < 4.78 is 47.6. The molecule has 0 bridgehead atoms. The number of sulfonamides is 2. The van der Waals surface area contributed by atoms with Crippen molar-refractivity contribution in [2.75, 3.05) is 16.2 Å². The SMILES string of the molecule is CC1CCCC(CCCc2ccc(N(S(C)(=O)=O)S(C)(=O)=O)cc2)N1. The zero-order chi connectivity index (χ0) is 18.7. The molecule has 0 saturated carbocycles. The first-order valence-electron chi connectivity index (χ1n) is 8.63. The Morgan fingerprint density at radius 1 is 1.04 bits per heavy atom. The number of rotatable bonds is 7. The van der Waals surface area contributed by atoms with Crippen LogP contribution < -0.4 is 9.03 Å². The van der Waals surface area contributed by atoms with E-state index in [1.165, 1.54) is 19.3 Å². The molecule has 2 rings (SSSR count). The molecule has 6 nitrogen and oxygen atoms in total. The Balaban J connectivity index is 1.97. The molecule has 1 aromatic carbocycles. The zero-order valence-corrected chi connectivity index (χ0v) is 16.7. The number of hydrogen-bond donors (Lipinski definition) is 1. The van der Waals surface area contributed by atoms with Gasteiger partial charge in [-0.25, -0.2) is 16.8 Å². The lowest BCUT2D eigenvalue weighted by Crippen LogP contribution is -2.40. The molecule has 8 heteroatoms. The monoisotopic (exact) mass is 388 g/mol. The van der Waals surface area contributed by atoms with Crippen LogP contribution in [0.15, 0.2) is 24.3 Å². The Labute approximate surface area is 151 Å². The first kappa shape index (κ1) is 20.2. The van der Waals surface area contributed by atoms with Crippen LogP contribution in [0.4, 0.5) is 5.69 Å². The summed E-state index contributed by atoms with van der Waals surface area (Å²) in [4.78, 5) is 0. The van der Waals surface area contributed by atoms with Crippen LogP contribution in [-0.2, 0) is 26.5 Å². The standard InChI is InChI=1S/C17H28N2O4S2/c1-14-6-4-8-16(18-14)9-5-7-15-10-12-17(13-11-15)19(24(2,20)21)25(3,22)23/h10-14,16,18H,4-9H2,1-3H3. The summed E-state index contributed by atoms with van der Waals surface area (Å²) in [6, 6.07) is 7.88. The molecule has 142 valence electrons. The summed E-state index contributed by atoms with van der Waals surface area (Å²) in [5.41, 5.74) is 1.23. The van der Waals surface area contributed by atoms with Crippen molar-refractivity contribution in [3.63, 3.8) is 0 Å². The van der Waals surface area contributed by atoms with E-state index >= 15 is 0 Å². The molecule has 1 saturated heterocycles. The lowest BCUT2D eigenvalue weighted by molar-refractivity contribution is 0.317. The molecule has 1 fully saturated rings. The van der Waals surface area contributed by atoms with Gasteiger partial charge in [-0.05, 0) is 56.7 Å². The van der Waals surface area contributed by atoms with Gasteiger partial charge in [-0.2, -0.15) is 3.71 Å². The van der Waals surface area contributed by atoms with Gasteiger partial charge in [0.2, 0.25) is 20.0 Å². The fraction of sp³-hybridized carbons (Fsp3) is 0.647. The van der Waals surface area contributed by atoms with E-state index in [9.17, 15) is 16.8 Å². The van der Waals surface area contributed by atoms with Crippen LogP contribution in [0.5, 0.6) is 0 Å². The second kappa shape index (κ2) is 8.05. The summed E-state index contributed by atoms with van der Waals surface area (Å²) in [6.07, 6.45) is 8.58. The topological polar surface area (TPSA) is 83.6 Å². The van der Waals surface area contributed by atoms with Gasteiger partial charge in [0.25, 0.3) is 0 Å². The molecule has 1 aliphatic heterocycles. The van der Waals surface area contributed by atoms with Crippen LogP contribution in [0.1, 0.15) is 44.6 Å². The molecule has 1 N–H and O–H groups in total. The molecular weight excluding hydrogens is 360 g/mol. The molecule has 0 aromatic heterocycles. The molecular formula is C17H28N2O4S2. The second-order valence-electron chi connectivity index (χ2n) is 6.98. The number of anilines is 1. The van der Waals surface area contributed by atoms with Gasteiger partial charge >= 0.3 is 0 Å². The molecule has 0 amide bonds. The van der Waals surface area contributed by atoms with Gasteiger partial charge in [0.15, 0.2) is 0 Å². The van der Waals surface area contributed by atoms with Crippen molar-refractivity contribution >= 4 is 25.7 Å². The third kappa shape index (κ3) is 5.97. The van der Waals surface area contributed by atoms with Crippen molar-refractivity contribution in [1.29, 1.82) is 0 Å². The van der Waals surface area contributed by atoms with E-state index in [4.69, 9.17) is 0 Å². The first-order chi connectivity index (χ1) is 11.6. The lowest BCUT2D eigenvalue weighted by atomic mass is 9.95. The minimum atomic E-state index is -3.89. The normalized spacial score (nSPS) is 21.9. The quantitative estimate of drug-likeness (QED) is 0.775. The average Bonchev–Trinajstić information content (AvgIpc) is 2.46. The van der Waals surface area contributed by atoms with Crippen molar-refractivity contribution in [2.45, 2.75) is 57.5 Å². The van der Waals surface area contributed by atoms with E-state index in [1.807, 2.05) is 0 Å². The summed E-state index contributed by atoms with van der Waals surface area (Å²) in [5.74, 6) is 0. The smallest absolute Gasteiger partial charge is 0.245 e. The second-order valence-corrected chi connectivity index (χ2v) is 10.9. The van der Waals surface area contributed by atoms with Gasteiger partial charge < -0.3 is 5.32 Å². The molecule has 1 aromatic rings. The highest BCUT2D eigenvalue weighted by Gasteiger charge is 2.27. The van der Waals surface area contributed by atoms with Crippen molar-refractivity contribution in [3.8, 4) is 0 Å². The summed E-state index contributed by atoms with van der Waals surface area (Å²) in [6.45, 7) is 2.22. The fourth-order valence-electron chi connectivity index (χ4n) is 3.43. The van der Waals surface area contributed by atoms with Gasteiger partial charge in [-0.1, -0.05) is 18.6 Å². The number of hydrogen-bond acceptors (Lipinski definition) is 5.